The highest BCUT2D eigenvalue weighted by molar-refractivity contribution is 6.30. The second-order valence-corrected chi connectivity index (χ2v) is 5.71. The first-order chi connectivity index (χ1) is 11.5. The van der Waals surface area contributed by atoms with E-state index in [0.29, 0.717) is 11.6 Å². The normalized spacial score (nSPS) is 11.7. The molecule has 0 heterocycles. The van der Waals surface area contributed by atoms with E-state index in [1.54, 1.807) is 24.3 Å². The minimum Gasteiger partial charge on any atom is -0.480 e. The molecule has 0 fully saturated rings. The van der Waals surface area contributed by atoms with Gasteiger partial charge in [-0.15, -0.1) is 0 Å². The van der Waals surface area contributed by atoms with Crippen molar-refractivity contribution in [2.24, 2.45) is 0 Å². The van der Waals surface area contributed by atoms with Crippen LogP contribution < -0.4 is 5.32 Å². The number of nitrogens with one attached hydrogen (secondary N) is 1. The van der Waals surface area contributed by atoms with Gasteiger partial charge in [0.05, 0.1) is 6.61 Å². The van der Waals surface area contributed by atoms with Gasteiger partial charge in [-0.2, -0.15) is 0 Å². The number of amides is 1. The molecular weight excluding hydrogens is 330 g/mol. The minimum atomic E-state index is -1.11. The average molecular weight is 348 g/mol. The first kappa shape index (κ1) is 18.0. The Labute approximate surface area is 145 Å². The zero-order chi connectivity index (χ0) is 17.4. The average Bonchev–Trinajstić information content (AvgIpc) is 2.55. The van der Waals surface area contributed by atoms with Crippen molar-refractivity contribution >= 4 is 23.5 Å². The first-order valence-corrected chi connectivity index (χ1v) is 7.80. The molecule has 0 saturated heterocycles. The van der Waals surface area contributed by atoms with Gasteiger partial charge in [0.25, 0.3) is 0 Å². The Morgan fingerprint density at radius 2 is 1.79 bits per heavy atom. The van der Waals surface area contributed by atoms with Crippen molar-refractivity contribution in [1.29, 1.82) is 0 Å². The van der Waals surface area contributed by atoms with E-state index in [1.807, 2.05) is 30.3 Å². The maximum Gasteiger partial charge on any atom is 0.326 e. The number of hydrogen-bond acceptors (Lipinski definition) is 3. The fourth-order valence-corrected chi connectivity index (χ4v) is 2.38. The van der Waals surface area contributed by atoms with E-state index >= 15 is 0 Å². The van der Waals surface area contributed by atoms with Crippen LogP contribution in [-0.2, 0) is 27.4 Å². The second kappa shape index (κ2) is 9.05. The van der Waals surface area contributed by atoms with Gasteiger partial charge in [-0.05, 0) is 23.3 Å². The van der Waals surface area contributed by atoms with Gasteiger partial charge in [-0.1, -0.05) is 54.1 Å². The number of benzene rings is 2. The molecule has 5 nitrogen and oxygen atoms in total. The van der Waals surface area contributed by atoms with Crippen LogP contribution in [0.2, 0.25) is 5.02 Å². The maximum absolute atomic E-state index is 11.9. The van der Waals surface area contributed by atoms with E-state index in [2.05, 4.69) is 5.32 Å². The summed E-state index contributed by atoms with van der Waals surface area (Å²) in [6.07, 6.45) is 0.153. The Hall–Kier alpha value is -2.37. The fourth-order valence-electron chi connectivity index (χ4n) is 2.17. The number of hydrogen-bond donors (Lipinski definition) is 2. The highest BCUT2D eigenvalue weighted by Gasteiger charge is 2.20. The molecule has 1 amide bonds. The quantitative estimate of drug-likeness (QED) is 0.769. The number of carbonyl (C=O) groups excluding carboxylic acids is 1. The van der Waals surface area contributed by atoms with Crippen LogP contribution in [0.25, 0.3) is 0 Å². The Morgan fingerprint density at radius 3 is 2.46 bits per heavy atom. The van der Waals surface area contributed by atoms with Crippen LogP contribution in [0.3, 0.4) is 0 Å². The lowest BCUT2D eigenvalue weighted by molar-refractivity contribution is -0.142. The third-order valence-corrected chi connectivity index (χ3v) is 3.54. The van der Waals surface area contributed by atoms with Gasteiger partial charge in [0.15, 0.2) is 0 Å². The molecule has 0 aliphatic carbocycles. The molecule has 0 bridgehead atoms. The molecule has 0 radical (unpaired) electrons. The molecule has 24 heavy (non-hydrogen) atoms. The molecule has 126 valence electrons. The largest absolute Gasteiger partial charge is 0.480 e. The van der Waals surface area contributed by atoms with Crippen molar-refractivity contribution in [3.8, 4) is 0 Å². The van der Waals surface area contributed by atoms with Crippen molar-refractivity contribution in [1.82, 2.24) is 5.32 Å². The van der Waals surface area contributed by atoms with Crippen LogP contribution in [0.5, 0.6) is 0 Å². The van der Waals surface area contributed by atoms with Gasteiger partial charge in [-0.3, -0.25) is 4.79 Å². The summed E-state index contributed by atoms with van der Waals surface area (Å²) in [5.74, 6) is -1.58. The predicted octanol–water partition coefficient (Wildman–Crippen LogP) is 2.67. The number of carboxylic acid groups (broad SMARTS) is 1. The highest BCUT2D eigenvalue weighted by Crippen LogP contribution is 2.12. The summed E-state index contributed by atoms with van der Waals surface area (Å²) in [5.41, 5.74) is 1.68. The lowest BCUT2D eigenvalue weighted by Crippen LogP contribution is -2.43. The van der Waals surface area contributed by atoms with Crippen LogP contribution in [0, 0.1) is 0 Å². The standard InChI is InChI=1S/C18H18ClNO4/c19-15-8-4-7-14(9-15)10-16(18(22)23)20-17(21)12-24-11-13-5-2-1-3-6-13/h1-9,16H,10-12H2,(H,20,21)(H,22,23)/t16-/m0/s1. The van der Waals surface area contributed by atoms with Gasteiger partial charge < -0.3 is 15.2 Å². The second-order valence-electron chi connectivity index (χ2n) is 5.27. The van der Waals surface area contributed by atoms with Crippen molar-refractivity contribution in [3.63, 3.8) is 0 Å². The third-order valence-electron chi connectivity index (χ3n) is 3.31. The van der Waals surface area contributed by atoms with E-state index in [9.17, 15) is 14.7 Å². The number of ether oxygens (including phenoxy) is 1. The third kappa shape index (κ3) is 6.02. The number of aliphatic carboxylic acids is 1. The zero-order valence-electron chi connectivity index (χ0n) is 12.9. The number of carboxylic acids is 1. The molecule has 0 aliphatic heterocycles. The van der Waals surface area contributed by atoms with Crippen molar-refractivity contribution in [2.75, 3.05) is 6.61 Å². The smallest absolute Gasteiger partial charge is 0.326 e. The lowest BCUT2D eigenvalue weighted by atomic mass is 10.1. The number of carbonyl (C=O) groups is 2. The van der Waals surface area contributed by atoms with Crippen LogP contribution >= 0.6 is 11.6 Å². The SMILES string of the molecule is O=C(COCc1ccccc1)N[C@@H](Cc1cccc(Cl)c1)C(=O)O. The molecule has 2 rings (SSSR count). The zero-order valence-corrected chi connectivity index (χ0v) is 13.7. The van der Waals surface area contributed by atoms with Gasteiger partial charge >= 0.3 is 5.97 Å². The van der Waals surface area contributed by atoms with Crippen LogP contribution in [0.15, 0.2) is 54.6 Å². The molecular formula is C18H18ClNO4. The van der Waals surface area contributed by atoms with E-state index in [1.165, 1.54) is 0 Å². The topological polar surface area (TPSA) is 75.6 Å². The van der Waals surface area contributed by atoms with Crippen LogP contribution in [0.1, 0.15) is 11.1 Å². The summed E-state index contributed by atoms with van der Waals surface area (Å²) in [5, 5.41) is 12.3. The molecule has 0 unspecified atom stereocenters. The molecule has 2 aromatic carbocycles. The van der Waals surface area contributed by atoms with Crippen molar-refractivity contribution in [3.05, 3.63) is 70.7 Å². The molecule has 0 saturated carbocycles. The maximum atomic E-state index is 11.9. The van der Waals surface area contributed by atoms with E-state index < -0.39 is 17.9 Å². The van der Waals surface area contributed by atoms with Crippen molar-refractivity contribution in [2.45, 2.75) is 19.1 Å². The van der Waals surface area contributed by atoms with Crippen LogP contribution in [0.4, 0.5) is 0 Å². The molecule has 2 N–H and O–H groups in total. The molecule has 1 atom stereocenters. The molecule has 0 spiro atoms. The summed E-state index contributed by atoms with van der Waals surface area (Å²) < 4.78 is 5.31. The Morgan fingerprint density at radius 1 is 1.08 bits per heavy atom. The Kier molecular flexibility index (Phi) is 6.78. The van der Waals surface area contributed by atoms with Gasteiger partial charge in [0.2, 0.25) is 5.91 Å². The van der Waals surface area contributed by atoms with Gasteiger partial charge in [0.1, 0.15) is 12.6 Å². The summed E-state index contributed by atoms with van der Waals surface area (Å²) in [6, 6.07) is 15.3. The predicted molar refractivity (Wildman–Crippen MR) is 90.8 cm³/mol. The number of halogens is 1. The van der Waals surface area contributed by atoms with Crippen LogP contribution in [-0.4, -0.2) is 29.6 Å². The lowest BCUT2D eigenvalue weighted by Gasteiger charge is -2.15. The summed E-state index contributed by atoms with van der Waals surface area (Å²) in [7, 11) is 0. The summed E-state index contributed by atoms with van der Waals surface area (Å²) >= 11 is 5.89. The van der Waals surface area contributed by atoms with E-state index in [0.717, 1.165) is 11.1 Å². The van der Waals surface area contributed by atoms with E-state index in [4.69, 9.17) is 16.3 Å². The Bertz CT molecular complexity index is 690. The molecule has 6 heteroatoms. The molecule has 2 aromatic rings. The number of rotatable bonds is 8. The molecule has 0 aliphatic rings. The van der Waals surface area contributed by atoms with Gasteiger partial charge in [0, 0.05) is 11.4 Å². The fraction of sp³-hybridized carbons (Fsp3) is 0.222. The monoisotopic (exact) mass is 347 g/mol. The van der Waals surface area contributed by atoms with Gasteiger partial charge in [-0.25, -0.2) is 4.79 Å². The van der Waals surface area contributed by atoms with E-state index in [-0.39, 0.29) is 13.0 Å². The molecule has 0 aromatic heterocycles. The summed E-state index contributed by atoms with van der Waals surface area (Å²) in [6.45, 7) is 0.0918. The first-order valence-electron chi connectivity index (χ1n) is 7.43. The van der Waals surface area contributed by atoms with Crippen molar-refractivity contribution < 1.29 is 19.4 Å². The highest BCUT2D eigenvalue weighted by atomic mass is 35.5. The minimum absolute atomic E-state index is 0.153. The summed E-state index contributed by atoms with van der Waals surface area (Å²) in [4.78, 5) is 23.2. The Balaban J connectivity index is 1.83.